The van der Waals surface area contributed by atoms with Gasteiger partial charge in [-0.25, -0.2) is 13.1 Å². The second-order valence-electron chi connectivity index (χ2n) is 10.2. The summed E-state index contributed by atoms with van der Waals surface area (Å²) >= 11 is 0. The van der Waals surface area contributed by atoms with Crippen molar-refractivity contribution in [2.75, 3.05) is 6.54 Å². The van der Waals surface area contributed by atoms with Gasteiger partial charge in [-0.15, -0.1) is 0 Å². The second-order valence-corrected chi connectivity index (χ2v) is 11.9. The van der Waals surface area contributed by atoms with Gasteiger partial charge in [-0.1, -0.05) is 110 Å². The molecule has 0 aliphatic rings. The number of nitrogens with zero attached hydrogens (tertiary/aromatic N) is 1. The van der Waals surface area contributed by atoms with Crippen LogP contribution in [0.1, 0.15) is 47.2 Å². The van der Waals surface area contributed by atoms with E-state index in [4.69, 9.17) is 0 Å². The van der Waals surface area contributed by atoms with Crippen molar-refractivity contribution in [1.29, 1.82) is 0 Å². The average molecular weight is 584 g/mol. The van der Waals surface area contributed by atoms with Gasteiger partial charge in [0.25, 0.3) is 0 Å². The third kappa shape index (κ3) is 8.38. The van der Waals surface area contributed by atoms with Crippen LogP contribution in [0.5, 0.6) is 0 Å². The van der Waals surface area contributed by atoms with Crippen LogP contribution in [0.4, 0.5) is 0 Å². The fraction of sp³-hybridized carbons (Fsp3) is 0.235. The molecule has 2 N–H and O–H groups in total. The second kappa shape index (κ2) is 14.6. The van der Waals surface area contributed by atoms with E-state index in [1.165, 1.54) is 0 Å². The van der Waals surface area contributed by atoms with E-state index in [1.54, 1.807) is 36.1 Å². The lowest BCUT2D eigenvalue weighted by atomic mass is 10.0. The zero-order valence-electron chi connectivity index (χ0n) is 24.0. The molecule has 0 saturated carbocycles. The van der Waals surface area contributed by atoms with Crippen molar-refractivity contribution in [3.8, 4) is 0 Å². The zero-order valence-corrected chi connectivity index (χ0v) is 24.8. The molecule has 0 fully saturated rings. The van der Waals surface area contributed by atoms with E-state index in [1.807, 2.05) is 91.9 Å². The number of rotatable bonds is 13. The summed E-state index contributed by atoms with van der Waals surface area (Å²) in [5.74, 6) is -0.438. The Morgan fingerprint density at radius 2 is 1.36 bits per heavy atom. The first-order valence-corrected chi connectivity index (χ1v) is 15.6. The van der Waals surface area contributed by atoms with Crippen LogP contribution in [-0.4, -0.2) is 31.7 Å². The van der Waals surface area contributed by atoms with Crippen LogP contribution < -0.4 is 10.0 Å². The Bertz CT molecular complexity index is 1560. The van der Waals surface area contributed by atoms with Gasteiger partial charge in [0, 0.05) is 26.1 Å². The number of aryl methyl sites for hydroxylation is 2. The molecule has 0 aromatic heterocycles. The molecule has 8 heteroatoms. The summed E-state index contributed by atoms with van der Waals surface area (Å²) in [5.41, 5.74) is 4.58. The molecule has 4 rings (SSSR count). The fourth-order valence-corrected chi connectivity index (χ4v) is 5.75. The summed E-state index contributed by atoms with van der Waals surface area (Å²) < 4.78 is 27.1. The molecule has 218 valence electrons. The number of hydrogen-bond acceptors (Lipinski definition) is 4. The summed E-state index contributed by atoms with van der Waals surface area (Å²) in [6.45, 7) is 4.65. The van der Waals surface area contributed by atoms with Crippen molar-refractivity contribution in [1.82, 2.24) is 14.9 Å². The molecule has 0 bridgehead atoms. The van der Waals surface area contributed by atoms with Crippen molar-refractivity contribution in [2.24, 2.45) is 0 Å². The van der Waals surface area contributed by atoms with Crippen LogP contribution in [0.25, 0.3) is 0 Å². The molecule has 7 nitrogen and oxygen atoms in total. The Morgan fingerprint density at radius 1 is 0.762 bits per heavy atom. The van der Waals surface area contributed by atoms with E-state index in [2.05, 4.69) is 10.0 Å². The minimum atomic E-state index is -3.56. The predicted molar refractivity (Wildman–Crippen MR) is 165 cm³/mol. The molecule has 4 aromatic carbocycles. The maximum absolute atomic E-state index is 13.9. The Hall–Kier alpha value is -4.27. The summed E-state index contributed by atoms with van der Waals surface area (Å²) in [6.07, 6.45) is 0.554. The normalized spacial score (nSPS) is 12.0. The maximum atomic E-state index is 13.9. The Labute approximate surface area is 248 Å². The SMILES string of the molecule is CCNS(=O)(=O)c1ccc(CCC(=O)N(Cc2ccccc2)[C@@H](C(=O)NCc2ccc(C)cc2)c2ccccc2)cc1. The highest BCUT2D eigenvalue weighted by Gasteiger charge is 2.31. The Morgan fingerprint density at radius 3 is 1.98 bits per heavy atom. The fourth-order valence-electron chi connectivity index (χ4n) is 4.71. The van der Waals surface area contributed by atoms with E-state index in [0.29, 0.717) is 19.5 Å². The first kappa shape index (κ1) is 30.7. The van der Waals surface area contributed by atoms with Gasteiger partial charge in [0.15, 0.2) is 0 Å². The van der Waals surface area contributed by atoms with Gasteiger partial charge in [-0.05, 0) is 47.7 Å². The van der Waals surface area contributed by atoms with Crippen LogP contribution >= 0.6 is 0 Å². The van der Waals surface area contributed by atoms with Crippen molar-refractivity contribution >= 4 is 21.8 Å². The molecule has 0 radical (unpaired) electrons. The standard InChI is InChI=1S/C34H37N3O4S/c1-3-36-42(40,41)31-21-18-27(19-22-31)20-23-32(38)37(25-29-10-6-4-7-11-29)33(30-12-8-5-9-13-30)34(39)35-24-28-16-14-26(2)15-17-28/h4-19,21-22,33,36H,3,20,23-25H2,1-2H3,(H,35,39)/t33-/m1/s1. The van der Waals surface area contributed by atoms with Gasteiger partial charge in [0.1, 0.15) is 6.04 Å². The average Bonchev–Trinajstić information content (AvgIpc) is 3.00. The van der Waals surface area contributed by atoms with E-state index >= 15 is 0 Å². The minimum absolute atomic E-state index is 0.153. The first-order valence-electron chi connectivity index (χ1n) is 14.1. The molecular formula is C34H37N3O4S. The molecule has 0 unspecified atom stereocenters. The van der Waals surface area contributed by atoms with Gasteiger partial charge >= 0.3 is 0 Å². The van der Waals surface area contributed by atoms with Crippen LogP contribution in [0.2, 0.25) is 0 Å². The third-order valence-electron chi connectivity index (χ3n) is 6.97. The molecule has 0 aliphatic carbocycles. The topological polar surface area (TPSA) is 95.6 Å². The summed E-state index contributed by atoms with van der Waals surface area (Å²) in [6, 6.07) is 32.6. The van der Waals surface area contributed by atoms with Gasteiger partial charge in [0.05, 0.1) is 4.90 Å². The van der Waals surface area contributed by atoms with Crippen molar-refractivity contribution in [3.05, 3.63) is 137 Å². The van der Waals surface area contributed by atoms with Crippen molar-refractivity contribution in [3.63, 3.8) is 0 Å². The maximum Gasteiger partial charge on any atom is 0.247 e. The van der Waals surface area contributed by atoms with Gasteiger partial charge < -0.3 is 10.2 Å². The first-order chi connectivity index (χ1) is 20.3. The Kier molecular flexibility index (Phi) is 10.6. The van der Waals surface area contributed by atoms with Crippen LogP contribution in [-0.2, 0) is 39.1 Å². The van der Waals surface area contributed by atoms with Gasteiger partial charge in [-0.3, -0.25) is 9.59 Å². The van der Waals surface area contributed by atoms with E-state index in [-0.39, 0.29) is 29.7 Å². The molecule has 0 aliphatic heterocycles. The third-order valence-corrected chi connectivity index (χ3v) is 8.54. The molecule has 0 spiro atoms. The predicted octanol–water partition coefficient (Wildman–Crippen LogP) is 5.31. The number of carbonyl (C=O) groups excluding carboxylic acids is 2. The number of benzene rings is 4. The van der Waals surface area contributed by atoms with Crippen molar-refractivity contribution in [2.45, 2.75) is 50.7 Å². The molecule has 4 aromatic rings. The largest absolute Gasteiger partial charge is 0.350 e. The molecule has 42 heavy (non-hydrogen) atoms. The van der Waals surface area contributed by atoms with Gasteiger partial charge in [0.2, 0.25) is 21.8 Å². The van der Waals surface area contributed by atoms with Crippen LogP contribution in [0, 0.1) is 6.92 Å². The quantitative estimate of drug-likeness (QED) is 0.223. The molecule has 2 amide bonds. The van der Waals surface area contributed by atoms with Crippen molar-refractivity contribution < 1.29 is 18.0 Å². The number of amides is 2. The highest BCUT2D eigenvalue weighted by molar-refractivity contribution is 7.89. The van der Waals surface area contributed by atoms with Crippen LogP contribution in [0.15, 0.2) is 114 Å². The van der Waals surface area contributed by atoms with E-state index < -0.39 is 16.1 Å². The van der Waals surface area contributed by atoms with Gasteiger partial charge in [-0.2, -0.15) is 0 Å². The Balaban J connectivity index is 1.58. The number of sulfonamides is 1. The molecule has 0 heterocycles. The number of hydrogen-bond donors (Lipinski definition) is 2. The lowest BCUT2D eigenvalue weighted by Crippen LogP contribution is -2.43. The zero-order chi connectivity index (χ0) is 30.0. The molecule has 0 saturated heterocycles. The highest BCUT2D eigenvalue weighted by Crippen LogP contribution is 2.25. The lowest BCUT2D eigenvalue weighted by molar-refractivity contribution is -0.141. The number of nitrogens with one attached hydrogen (secondary N) is 2. The molecule has 1 atom stereocenters. The minimum Gasteiger partial charge on any atom is -0.350 e. The highest BCUT2D eigenvalue weighted by atomic mass is 32.2. The summed E-state index contributed by atoms with van der Waals surface area (Å²) in [4.78, 5) is 29.5. The lowest BCUT2D eigenvalue weighted by Gasteiger charge is -2.32. The van der Waals surface area contributed by atoms with Crippen LogP contribution in [0.3, 0.4) is 0 Å². The smallest absolute Gasteiger partial charge is 0.247 e. The molecular weight excluding hydrogens is 546 g/mol. The van der Waals surface area contributed by atoms with E-state index in [0.717, 1.165) is 27.8 Å². The monoisotopic (exact) mass is 583 g/mol. The summed E-state index contributed by atoms with van der Waals surface area (Å²) in [5, 5.41) is 3.05. The summed E-state index contributed by atoms with van der Waals surface area (Å²) in [7, 11) is -3.56. The number of carbonyl (C=O) groups is 2. The van der Waals surface area contributed by atoms with E-state index in [9.17, 15) is 18.0 Å².